The van der Waals surface area contributed by atoms with Crippen molar-refractivity contribution in [1.29, 1.82) is 0 Å². The average Bonchev–Trinajstić information content (AvgIpc) is 2.72. The summed E-state index contributed by atoms with van der Waals surface area (Å²) in [5.41, 5.74) is 1.62. The van der Waals surface area contributed by atoms with E-state index in [-0.39, 0.29) is 4.90 Å². The van der Waals surface area contributed by atoms with Gasteiger partial charge in [0, 0.05) is 40.4 Å². The van der Waals surface area contributed by atoms with E-state index in [4.69, 9.17) is 10.7 Å². The summed E-state index contributed by atoms with van der Waals surface area (Å²) in [4.78, 5) is 2.54. The summed E-state index contributed by atoms with van der Waals surface area (Å²) in [6.07, 6.45) is 0. The molecule has 21 heavy (non-hydrogen) atoms. The second kappa shape index (κ2) is 6.38. The number of nitrogens with zero attached hydrogens (tertiary/aromatic N) is 2. The summed E-state index contributed by atoms with van der Waals surface area (Å²) >= 11 is 0. The van der Waals surface area contributed by atoms with Crippen molar-refractivity contribution in [3.05, 3.63) is 30.0 Å². The molecule has 4 nitrogen and oxygen atoms in total. The highest BCUT2D eigenvalue weighted by atomic mass is 35.7. The minimum absolute atomic E-state index is 0.235. The van der Waals surface area contributed by atoms with Gasteiger partial charge in [0.25, 0.3) is 9.05 Å². The Morgan fingerprint density at radius 2 is 1.81 bits per heavy atom. The quantitative estimate of drug-likeness (QED) is 0.765. The molecule has 0 fully saturated rings. The maximum absolute atomic E-state index is 11.9. The Morgan fingerprint density at radius 3 is 2.38 bits per heavy atom. The van der Waals surface area contributed by atoms with E-state index in [1.807, 2.05) is 35.8 Å². The van der Waals surface area contributed by atoms with E-state index in [1.54, 1.807) is 0 Å². The predicted octanol–water partition coefficient (Wildman–Crippen LogP) is 3.22. The minimum Gasteiger partial charge on any atom is -0.342 e. The first kappa shape index (κ1) is 16.3. The lowest BCUT2D eigenvalue weighted by molar-refractivity contribution is 0.291. The highest BCUT2D eigenvalue weighted by Crippen LogP contribution is 2.31. The molecule has 1 aromatic heterocycles. The average molecular weight is 329 g/mol. The Morgan fingerprint density at radius 1 is 1.19 bits per heavy atom. The van der Waals surface area contributed by atoms with Crippen LogP contribution in [-0.2, 0) is 15.6 Å². The molecule has 116 valence electrons. The lowest BCUT2D eigenvalue weighted by Crippen LogP contribution is -2.27. The molecule has 0 aliphatic heterocycles. The van der Waals surface area contributed by atoms with Crippen LogP contribution in [0.25, 0.3) is 10.9 Å². The smallest absolute Gasteiger partial charge is 0.263 e. The summed E-state index contributed by atoms with van der Waals surface area (Å²) in [5.74, 6) is 0. The molecular formula is C15H21ClN2O2S. The number of benzene rings is 1. The van der Waals surface area contributed by atoms with Crippen LogP contribution in [0, 0.1) is 6.92 Å². The zero-order valence-corrected chi connectivity index (χ0v) is 14.2. The first-order valence-corrected chi connectivity index (χ1v) is 9.45. The van der Waals surface area contributed by atoms with Crippen LogP contribution in [0.3, 0.4) is 0 Å². The van der Waals surface area contributed by atoms with Gasteiger partial charge in [0.15, 0.2) is 0 Å². The number of fused-ring (bicyclic) bond motifs is 1. The topological polar surface area (TPSA) is 42.3 Å². The van der Waals surface area contributed by atoms with Crippen molar-refractivity contribution < 1.29 is 8.42 Å². The lowest BCUT2D eigenvalue weighted by Gasteiger charge is -2.19. The number of hydrogen-bond donors (Lipinski definition) is 0. The molecule has 0 radical (unpaired) electrons. The summed E-state index contributed by atoms with van der Waals surface area (Å²) in [6, 6.07) is 7.50. The molecule has 6 heteroatoms. The molecule has 0 bridgehead atoms. The Labute approximate surface area is 130 Å². The SMILES string of the molecule is CCN(CC)CCn1c(C)c(S(=O)(=O)Cl)c2ccccc21. The number of halogens is 1. The molecule has 0 aliphatic carbocycles. The van der Waals surface area contributed by atoms with Crippen LogP contribution in [0.15, 0.2) is 29.2 Å². The van der Waals surface area contributed by atoms with Gasteiger partial charge in [-0.15, -0.1) is 0 Å². The monoisotopic (exact) mass is 328 g/mol. The molecular weight excluding hydrogens is 308 g/mol. The van der Waals surface area contributed by atoms with E-state index < -0.39 is 9.05 Å². The van der Waals surface area contributed by atoms with Crippen molar-refractivity contribution in [2.75, 3.05) is 19.6 Å². The van der Waals surface area contributed by atoms with Crippen molar-refractivity contribution in [2.45, 2.75) is 32.2 Å². The van der Waals surface area contributed by atoms with Crippen molar-refractivity contribution >= 4 is 30.6 Å². The standard InChI is InChI=1S/C15H21ClN2O2S/c1-4-17(5-2)10-11-18-12(3)15(21(16,19)20)13-8-6-7-9-14(13)18/h6-9H,4-5,10-11H2,1-3H3. The Kier molecular flexibility index (Phi) is 4.96. The fourth-order valence-electron chi connectivity index (χ4n) is 2.78. The Hall–Kier alpha value is -1.04. The second-order valence-corrected chi connectivity index (χ2v) is 7.55. The molecule has 0 spiro atoms. The van der Waals surface area contributed by atoms with Crippen LogP contribution in [0.1, 0.15) is 19.5 Å². The van der Waals surface area contributed by atoms with Gasteiger partial charge in [-0.2, -0.15) is 0 Å². The van der Waals surface area contributed by atoms with Gasteiger partial charge in [0.1, 0.15) is 4.90 Å². The highest BCUT2D eigenvalue weighted by molar-refractivity contribution is 8.14. The predicted molar refractivity (Wildman–Crippen MR) is 87.5 cm³/mol. The van der Waals surface area contributed by atoms with Crippen molar-refractivity contribution in [2.24, 2.45) is 0 Å². The van der Waals surface area contributed by atoms with E-state index in [0.717, 1.165) is 31.7 Å². The van der Waals surface area contributed by atoms with Gasteiger partial charge in [-0.05, 0) is 26.1 Å². The van der Waals surface area contributed by atoms with Crippen LogP contribution in [0.4, 0.5) is 0 Å². The highest BCUT2D eigenvalue weighted by Gasteiger charge is 2.23. The fraction of sp³-hybridized carbons (Fsp3) is 0.467. The zero-order chi connectivity index (χ0) is 15.6. The molecule has 1 aromatic carbocycles. The van der Waals surface area contributed by atoms with Gasteiger partial charge < -0.3 is 9.47 Å². The van der Waals surface area contributed by atoms with Gasteiger partial charge in [-0.3, -0.25) is 0 Å². The molecule has 0 N–H and O–H groups in total. The van der Waals surface area contributed by atoms with Gasteiger partial charge in [-0.25, -0.2) is 8.42 Å². The zero-order valence-electron chi connectivity index (χ0n) is 12.6. The van der Waals surface area contributed by atoms with Crippen molar-refractivity contribution in [1.82, 2.24) is 9.47 Å². The molecule has 0 amide bonds. The summed E-state index contributed by atoms with van der Waals surface area (Å²) in [6.45, 7) is 9.66. The number of rotatable bonds is 6. The third-order valence-electron chi connectivity index (χ3n) is 3.95. The van der Waals surface area contributed by atoms with E-state index >= 15 is 0 Å². The van der Waals surface area contributed by atoms with Crippen LogP contribution < -0.4 is 0 Å². The minimum atomic E-state index is -3.75. The van der Waals surface area contributed by atoms with Crippen LogP contribution >= 0.6 is 10.7 Å². The molecule has 0 atom stereocenters. The van der Waals surface area contributed by atoms with Crippen molar-refractivity contribution in [3.63, 3.8) is 0 Å². The van der Waals surface area contributed by atoms with Crippen LogP contribution in [0.5, 0.6) is 0 Å². The normalized spacial score (nSPS) is 12.4. The molecule has 1 heterocycles. The number of likely N-dealkylation sites (N-methyl/N-ethyl adjacent to an activating group) is 1. The van der Waals surface area contributed by atoms with E-state index in [1.165, 1.54) is 0 Å². The molecule has 2 aromatic rings. The van der Waals surface area contributed by atoms with Crippen molar-refractivity contribution in [3.8, 4) is 0 Å². The number of hydrogen-bond acceptors (Lipinski definition) is 3. The van der Waals surface area contributed by atoms with Gasteiger partial charge >= 0.3 is 0 Å². The van der Waals surface area contributed by atoms with Gasteiger partial charge in [0.05, 0.1) is 0 Å². The van der Waals surface area contributed by atoms with Crippen LogP contribution in [-0.4, -0.2) is 37.5 Å². The third-order valence-corrected chi connectivity index (χ3v) is 5.42. The lowest BCUT2D eigenvalue weighted by atomic mass is 10.2. The fourth-order valence-corrected chi connectivity index (χ4v) is 4.26. The summed E-state index contributed by atoms with van der Waals surface area (Å²) in [5, 5.41) is 0.699. The van der Waals surface area contributed by atoms with E-state index in [0.29, 0.717) is 11.1 Å². The molecule has 0 unspecified atom stereocenters. The first-order chi connectivity index (χ1) is 9.90. The largest absolute Gasteiger partial charge is 0.342 e. The molecule has 0 aliphatic rings. The first-order valence-electron chi connectivity index (χ1n) is 7.15. The number of aromatic nitrogens is 1. The summed E-state index contributed by atoms with van der Waals surface area (Å²) < 4.78 is 25.8. The molecule has 0 saturated carbocycles. The van der Waals surface area contributed by atoms with Gasteiger partial charge in [-0.1, -0.05) is 32.0 Å². The van der Waals surface area contributed by atoms with E-state index in [2.05, 4.69) is 18.7 Å². The third kappa shape index (κ3) is 3.25. The molecule has 2 rings (SSSR count). The Bertz CT molecular complexity index is 733. The van der Waals surface area contributed by atoms with E-state index in [9.17, 15) is 8.42 Å². The van der Waals surface area contributed by atoms with Gasteiger partial charge in [0.2, 0.25) is 0 Å². The number of para-hydroxylation sites is 1. The Balaban J connectivity index is 2.52. The second-order valence-electron chi connectivity index (χ2n) is 5.05. The maximum atomic E-state index is 11.9. The summed E-state index contributed by atoms with van der Waals surface area (Å²) in [7, 11) is 1.87. The molecule has 0 saturated heterocycles. The van der Waals surface area contributed by atoms with Crippen LogP contribution in [0.2, 0.25) is 0 Å². The maximum Gasteiger partial charge on any atom is 0.263 e.